The van der Waals surface area contributed by atoms with Gasteiger partial charge in [0.1, 0.15) is 5.82 Å². The Morgan fingerprint density at radius 2 is 2.12 bits per heavy atom. The third-order valence-corrected chi connectivity index (χ3v) is 4.27. The molecule has 5 heteroatoms. The maximum absolute atomic E-state index is 12.9. The number of rotatable bonds is 4. The van der Waals surface area contributed by atoms with E-state index < -0.39 is 0 Å². The van der Waals surface area contributed by atoms with Crippen LogP contribution < -0.4 is 10.6 Å². The van der Waals surface area contributed by atoms with Gasteiger partial charge in [-0.1, -0.05) is 18.2 Å². The van der Waals surface area contributed by atoms with Gasteiger partial charge in [-0.25, -0.2) is 4.39 Å². The van der Waals surface area contributed by atoms with E-state index in [-0.39, 0.29) is 11.7 Å². The Morgan fingerprint density at radius 3 is 2.79 bits per heavy atom. The lowest BCUT2D eigenvalue weighted by Crippen LogP contribution is -2.37. The summed E-state index contributed by atoms with van der Waals surface area (Å²) in [6.45, 7) is 4.93. The van der Waals surface area contributed by atoms with Crippen molar-refractivity contribution in [2.45, 2.75) is 13.3 Å². The van der Waals surface area contributed by atoms with Crippen molar-refractivity contribution in [2.75, 3.05) is 31.5 Å². The minimum absolute atomic E-state index is 0.0763. The summed E-state index contributed by atoms with van der Waals surface area (Å²) in [6, 6.07) is 5.82. The van der Waals surface area contributed by atoms with Crippen molar-refractivity contribution < 1.29 is 9.18 Å². The Hall–Kier alpha value is -2.40. The quantitative estimate of drug-likeness (QED) is 0.894. The molecule has 0 atom stereocenters. The van der Waals surface area contributed by atoms with Gasteiger partial charge in [0.15, 0.2) is 0 Å². The maximum Gasteiger partial charge on any atom is 0.238 e. The van der Waals surface area contributed by atoms with Gasteiger partial charge in [-0.2, -0.15) is 0 Å². The van der Waals surface area contributed by atoms with Gasteiger partial charge in [0, 0.05) is 31.0 Å². The van der Waals surface area contributed by atoms with Crippen molar-refractivity contribution in [1.82, 2.24) is 10.2 Å². The number of hydrogen-bond donors (Lipinski definition) is 2. The molecule has 0 saturated heterocycles. The molecule has 4 nitrogen and oxygen atoms in total. The number of nitrogens with zero attached hydrogens (tertiary/aromatic N) is 1. The van der Waals surface area contributed by atoms with E-state index in [0.717, 1.165) is 26.1 Å². The van der Waals surface area contributed by atoms with Crippen LogP contribution in [0.5, 0.6) is 0 Å². The van der Waals surface area contributed by atoms with E-state index in [1.54, 1.807) is 12.1 Å². The van der Waals surface area contributed by atoms with Crippen LogP contribution in [0.25, 0.3) is 0 Å². The number of hydrogen-bond acceptors (Lipinski definition) is 3. The number of carbonyl (C=O) groups is 1. The molecule has 0 bridgehead atoms. The Morgan fingerprint density at radius 1 is 1.33 bits per heavy atom. The number of amides is 1. The monoisotopic (exact) mass is 327 g/mol. The van der Waals surface area contributed by atoms with Crippen LogP contribution >= 0.6 is 0 Å². The van der Waals surface area contributed by atoms with Crippen molar-refractivity contribution in [3.05, 3.63) is 65.2 Å². The highest BCUT2D eigenvalue weighted by atomic mass is 19.1. The molecule has 2 heterocycles. The fourth-order valence-corrected chi connectivity index (χ4v) is 3.00. The summed E-state index contributed by atoms with van der Waals surface area (Å²) in [7, 11) is 0. The van der Waals surface area contributed by atoms with E-state index in [9.17, 15) is 9.18 Å². The lowest BCUT2D eigenvalue weighted by molar-refractivity contribution is -0.117. The van der Waals surface area contributed by atoms with Crippen LogP contribution in [0, 0.1) is 5.82 Å². The van der Waals surface area contributed by atoms with Gasteiger partial charge in [-0.3, -0.25) is 9.69 Å². The zero-order chi connectivity index (χ0) is 16.9. The summed E-state index contributed by atoms with van der Waals surface area (Å²) in [5.41, 5.74) is 4.43. The maximum atomic E-state index is 12.9. The van der Waals surface area contributed by atoms with Crippen molar-refractivity contribution in [2.24, 2.45) is 0 Å². The fraction of sp³-hybridized carbons (Fsp3) is 0.316. The topological polar surface area (TPSA) is 44.4 Å². The molecule has 2 N–H and O–H groups in total. The molecule has 3 rings (SSSR count). The summed E-state index contributed by atoms with van der Waals surface area (Å²) < 4.78 is 12.9. The van der Waals surface area contributed by atoms with E-state index in [2.05, 4.69) is 40.7 Å². The Labute approximate surface area is 141 Å². The standard InChI is InChI=1S/C19H22FN3O/c1-14-3-2-10-21-19(14)15-8-11-23(12-9-15)13-18(24)22-17-6-4-16(20)5-7-17/h2-8,21H,9-13H2,1H3,(H,22,24). The van der Waals surface area contributed by atoms with E-state index in [0.29, 0.717) is 12.2 Å². The zero-order valence-electron chi connectivity index (χ0n) is 13.8. The predicted molar refractivity (Wildman–Crippen MR) is 94.0 cm³/mol. The first-order chi connectivity index (χ1) is 11.6. The Kier molecular flexibility index (Phi) is 5.11. The van der Waals surface area contributed by atoms with Crippen molar-refractivity contribution in [1.29, 1.82) is 0 Å². The highest BCUT2D eigenvalue weighted by molar-refractivity contribution is 5.92. The van der Waals surface area contributed by atoms with E-state index in [1.165, 1.54) is 29.0 Å². The molecule has 0 unspecified atom stereocenters. The molecule has 0 fully saturated rings. The number of nitrogens with one attached hydrogen (secondary N) is 2. The summed E-state index contributed by atoms with van der Waals surface area (Å²) in [5.74, 6) is -0.384. The minimum atomic E-state index is -0.308. The molecule has 1 aromatic carbocycles. The molecule has 2 aliphatic heterocycles. The predicted octanol–water partition coefficient (Wildman–Crippen LogP) is 2.83. The number of dihydropyridines is 1. The SMILES string of the molecule is CC1=C(C2=CCN(CC(=O)Nc3ccc(F)cc3)CC2)NCC=C1. The number of benzene rings is 1. The first kappa shape index (κ1) is 16.5. The molecule has 0 aliphatic carbocycles. The Balaban J connectivity index is 1.54. The zero-order valence-corrected chi connectivity index (χ0v) is 13.8. The molecular formula is C19H22FN3O. The van der Waals surface area contributed by atoms with Crippen LogP contribution in [0.15, 0.2) is 59.3 Å². The number of halogens is 1. The van der Waals surface area contributed by atoms with E-state index in [1.807, 2.05) is 0 Å². The fourth-order valence-electron chi connectivity index (χ4n) is 3.00. The lowest BCUT2D eigenvalue weighted by Gasteiger charge is -2.28. The summed E-state index contributed by atoms with van der Waals surface area (Å²) in [4.78, 5) is 14.2. The minimum Gasteiger partial charge on any atom is -0.381 e. The second-order valence-electron chi connectivity index (χ2n) is 6.11. The lowest BCUT2D eigenvalue weighted by atomic mass is 9.99. The van der Waals surface area contributed by atoms with E-state index in [4.69, 9.17) is 0 Å². The Bertz CT molecular complexity index is 704. The van der Waals surface area contributed by atoms with Crippen molar-refractivity contribution in [3.63, 3.8) is 0 Å². The first-order valence-electron chi connectivity index (χ1n) is 8.20. The van der Waals surface area contributed by atoms with Crippen LogP contribution in [-0.2, 0) is 4.79 Å². The van der Waals surface area contributed by atoms with Gasteiger partial charge < -0.3 is 10.6 Å². The third-order valence-electron chi connectivity index (χ3n) is 4.27. The van der Waals surface area contributed by atoms with Crippen LogP contribution in [0.1, 0.15) is 13.3 Å². The van der Waals surface area contributed by atoms with Crippen molar-refractivity contribution >= 4 is 11.6 Å². The van der Waals surface area contributed by atoms with E-state index >= 15 is 0 Å². The van der Waals surface area contributed by atoms with Crippen LogP contribution in [0.4, 0.5) is 10.1 Å². The molecule has 126 valence electrons. The summed E-state index contributed by atoms with van der Waals surface area (Å²) in [6.07, 6.45) is 7.39. The number of anilines is 1. The summed E-state index contributed by atoms with van der Waals surface area (Å²) in [5, 5.41) is 6.23. The van der Waals surface area contributed by atoms with Crippen molar-refractivity contribution in [3.8, 4) is 0 Å². The molecule has 0 spiro atoms. The molecular weight excluding hydrogens is 305 g/mol. The second-order valence-corrected chi connectivity index (χ2v) is 6.11. The smallest absolute Gasteiger partial charge is 0.238 e. The number of carbonyl (C=O) groups excluding carboxylic acids is 1. The molecule has 0 aromatic heterocycles. The molecule has 2 aliphatic rings. The summed E-state index contributed by atoms with van der Waals surface area (Å²) >= 11 is 0. The largest absolute Gasteiger partial charge is 0.381 e. The normalized spacial score (nSPS) is 18.2. The van der Waals surface area contributed by atoms with Gasteiger partial charge in [0.05, 0.1) is 6.54 Å². The van der Waals surface area contributed by atoms with Gasteiger partial charge in [-0.15, -0.1) is 0 Å². The van der Waals surface area contributed by atoms with Crippen LogP contribution in [-0.4, -0.2) is 37.0 Å². The highest BCUT2D eigenvalue weighted by Gasteiger charge is 2.18. The second kappa shape index (κ2) is 7.45. The molecule has 24 heavy (non-hydrogen) atoms. The first-order valence-corrected chi connectivity index (χ1v) is 8.20. The van der Waals surface area contributed by atoms with Gasteiger partial charge in [0.2, 0.25) is 5.91 Å². The highest BCUT2D eigenvalue weighted by Crippen LogP contribution is 2.22. The number of allylic oxidation sites excluding steroid dienone is 3. The van der Waals surface area contributed by atoms with Crippen LogP contribution in [0.2, 0.25) is 0 Å². The molecule has 0 saturated carbocycles. The van der Waals surface area contributed by atoms with Gasteiger partial charge in [0.25, 0.3) is 0 Å². The molecule has 1 amide bonds. The molecule has 0 radical (unpaired) electrons. The van der Waals surface area contributed by atoms with Gasteiger partial charge in [-0.05, 0) is 48.8 Å². The van der Waals surface area contributed by atoms with Crippen LogP contribution in [0.3, 0.4) is 0 Å². The average molecular weight is 327 g/mol. The molecule has 1 aromatic rings. The third kappa shape index (κ3) is 4.11. The van der Waals surface area contributed by atoms with Gasteiger partial charge >= 0.3 is 0 Å². The average Bonchev–Trinajstić information content (AvgIpc) is 2.58.